The van der Waals surface area contributed by atoms with E-state index in [4.69, 9.17) is 5.11 Å². The molecule has 1 amide bonds. The zero-order valence-corrected chi connectivity index (χ0v) is 11.9. The van der Waals surface area contributed by atoms with Crippen molar-refractivity contribution in [3.05, 3.63) is 13.8 Å². The standard InChI is InChI=1S/C5H10NO2.C5H11.Y/c1-5(8)6-3-2-4-7;1-3-5-4-2;/h7H,1-4H2,(H,6,8);1,3-5H2,2H3;/q2*-1;. The first-order chi connectivity index (χ1) is 6.18. The largest absolute Gasteiger partial charge is 0.396 e. The van der Waals surface area contributed by atoms with E-state index >= 15 is 0 Å². The van der Waals surface area contributed by atoms with E-state index in [1.165, 1.54) is 12.8 Å². The van der Waals surface area contributed by atoms with Crippen LogP contribution in [0.1, 0.15) is 32.6 Å². The zero-order chi connectivity index (χ0) is 10.5. The molecule has 0 aliphatic rings. The van der Waals surface area contributed by atoms with Crippen molar-refractivity contribution in [3.8, 4) is 0 Å². The smallest absolute Gasteiger partial charge is 0.0797 e. The molecule has 0 fully saturated rings. The van der Waals surface area contributed by atoms with Gasteiger partial charge in [-0.2, -0.15) is 6.42 Å². The average molecular weight is 276 g/mol. The third-order valence-electron chi connectivity index (χ3n) is 1.26. The molecule has 0 saturated carbocycles. The number of hydrogen-bond acceptors (Lipinski definition) is 2. The van der Waals surface area contributed by atoms with Gasteiger partial charge in [0, 0.05) is 45.9 Å². The number of rotatable bonds is 5. The van der Waals surface area contributed by atoms with Gasteiger partial charge < -0.3 is 29.1 Å². The Bertz CT molecular complexity index is 108. The molecule has 0 saturated heterocycles. The molecule has 1 radical (unpaired) electrons. The van der Waals surface area contributed by atoms with Gasteiger partial charge in [-0.05, 0) is 6.42 Å². The fraction of sp³-hybridized carbons (Fsp3) is 0.700. The summed E-state index contributed by atoms with van der Waals surface area (Å²) in [4.78, 5) is 10.0. The Morgan fingerprint density at radius 3 is 2.21 bits per heavy atom. The van der Waals surface area contributed by atoms with E-state index in [1.807, 2.05) is 0 Å². The van der Waals surface area contributed by atoms with E-state index in [9.17, 15) is 4.79 Å². The van der Waals surface area contributed by atoms with Gasteiger partial charge in [-0.3, -0.25) is 0 Å². The Morgan fingerprint density at radius 1 is 1.43 bits per heavy atom. The zero-order valence-electron chi connectivity index (χ0n) is 9.09. The first kappa shape index (κ1) is 19.9. The maximum absolute atomic E-state index is 10.0. The van der Waals surface area contributed by atoms with Crippen molar-refractivity contribution < 1.29 is 42.6 Å². The molecule has 0 aliphatic carbocycles. The van der Waals surface area contributed by atoms with Crippen molar-refractivity contribution in [1.29, 1.82) is 0 Å². The minimum Gasteiger partial charge on any atom is -0.396 e. The molecule has 0 bridgehead atoms. The SMILES string of the molecule is [CH2-]C(=O)NCCCO.[CH2-]CCCC.[Y]. The van der Waals surface area contributed by atoms with Crippen LogP contribution in [0.3, 0.4) is 0 Å². The predicted molar refractivity (Wildman–Crippen MR) is 55.0 cm³/mol. The second kappa shape index (κ2) is 19.1. The van der Waals surface area contributed by atoms with Gasteiger partial charge in [0.2, 0.25) is 0 Å². The third-order valence-corrected chi connectivity index (χ3v) is 1.26. The van der Waals surface area contributed by atoms with Crippen LogP contribution < -0.4 is 5.32 Å². The quantitative estimate of drug-likeness (QED) is 0.588. The summed E-state index contributed by atoms with van der Waals surface area (Å²) >= 11 is 0. The summed E-state index contributed by atoms with van der Waals surface area (Å²) in [6.45, 7) is 9.55. The molecule has 2 N–H and O–H groups in total. The number of amides is 1. The van der Waals surface area contributed by atoms with Crippen LogP contribution in [-0.2, 0) is 37.5 Å². The first-order valence-corrected chi connectivity index (χ1v) is 4.68. The summed E-state index contributed by atoms with van der Waals surface area (Å²) in [6, 6.07) is 0. The summed E-state index contributed by atoms with van der Waals surface area (Å²) in [7, 11) is 0. The summed E-state index contributed by atoms with van der Waals surface area (Å²) < 4.78 is 0. The van der Waals surface area contributed by atoms with Crippen molar-refractivity contribution in [2.75, 3.05) is 13.2 Å². The Kier molecular flexibility index (Phi) is 27.1. The second-order valence-corrected chi connectivity index (χ2v) is 2.63. The van der Waals surface area contributed by atoms with Gasteiger partial charge in [-0.25, -0.2) is 0 Å². The average Bonchev–Trinajstić information content (AvgIpc) is 2.07. The van der Waals surface area contributed by atoms with E-state index in [-0.39, 0.29) is 45.2 Å². The molecule has 4 heteroatoms. The maximum Gasteiger partial charge on any atom is 0.0797 e. The molecule has 0 atom stereocenters. The minimum atomic E-state index is -0.293. The maximum atomic E-state index is 10.0. The molecule has 14 heavy (non-hydrogen) atoms. The van der Waals surface area contributed by atoms with Crippen molar-refractivity contribution in [3.63, 3.8) is 0 Å². The Hall–Kier alpha value is 0.404. The normalized spacial score (nSPS) is 7.93. The number of carbonyl (C=O) groups excluding carboxylic acids is 1. The molecular formula is C10H21NO2Y-2. The van der Waals surface area contributed by atoms with Crippen LogP contribution in [0, 0.1) is 13.8 Å². The van der Waals surface area contributed by atoms with E-state index < -0.39 is 0 Å². The molecule has 3 nitrogen and oxygen atoms in total. The molecule has 0 unspecified atom stereocenters. The number of aliphatic hydroxyl groups is 1. The Balaban J connectivity index is -0.000000177. The summed E-state index contributed by atoms with van der Waals surface area (Å²) in [5.74, 6) is -0.293. The molecule has 0 aliphatic heterocycles. The van der Waals surface area contributed by atoms with Gasteiger partial charge in [0.15, 0.2) is 0 Å². The second-order valence-electron chi connectivity index (χ2n) is 2.63. The molecule has 0 rings (SSSR count). The van der Waals surface area contributed by atoms with Crippen LogP contribution in [0.25, 0.3) is 0 Å². The molecule has 0 aromatic heterocycles. The summed E-state index contributed by atoms with van der Waals surface area (Å²) in [5.41, 5.74) is 0. The number of unbranched alkanes of at least 4 members (excludes halogenated alkanes) is 2. The van der Waals surface area contributed by atoms with Crippen molar-refractivity contribution >= 4 is 5.91 Å². The van der Waals surface area contributed by atoms with Gasteiger partial charge in [-0.15, -0.1) is 0 Å². The monoisotopic (exact) mass is 276 g/mol. The first-order valence-electron chi connectivity index (χ1n) is 4.68. The van der Waals surface area contributed by atoms with Crippen LogP contribution in [0.5, 0.6) is 0 Å². The molecule has 0 spiro atoms. The molecule has 0 aromatic carbocycles. The molecule has 0 aromatic rings. The fourth-order valence-electron chi connectivity index (χ4n) is 0.557. The van der Waals surface area contributed by atoms with Gasteiger partial charge in [0.1, 0.15) is 0 Å². The predicted octanol–water partition coefficient (Wildman–Crippen LogP) is 1.33. The van der Waals surface area contributed by atoms with Gasteiger partial charge >= 0.3 is 0 Å². The van der Waals surface area contributed by atoms with E-state index in [2.05, 4.69) is 26.1 Å². The van der Waals surface area contributed by atoms with E-state index in [1.54, 1.807) is 0 Å². The third kappa shape index (κ3) is 29.4. The topological polar surface area (TPSA) is 49.3 Å². The van der Waals surface area contributed by atoms with Crippen LogP contribution in [0.4, 0.5) is 0 Å². The van der Waals surface area contributed by atoms with Crippen LogP contribution in [-0.4, -0.2) is 24.2 Å². The molecule has 0 heterocycles. The van der Waals surface area contributed by atoms with Gasteiger partial charge in [0.05, 0.1) is 5.91 Å². The summed E-state index contributed by atoms with van der Waals surface area (Å²) in [6.07, 6.45) is 4.25. The van der Waals surface area contributed by atoms with Crippen molar-refractivity contribution in [1.82, 2.24) is 5.32 Å². The Labute approximate surface area is 113 Å². The van der Waals surface area contributed by atoms with E-state index in [0.29, 0.717) is 13.0 Å². The minimum absolute atomic E-state index is 0. The summed E-state index contributed by atoms with van der Waals surface area (Å²) in [5, 5.41) is 10.6. The van der Waals surface area contributed by atoms with Crippen molar-refractivity contribution in [2.45, 2.75) is 32.6 Å². The van der Waals surface area contributed by atoms with Crippen LogP contribution in [0.2, 0.25) is 0 Å². The molecular weight excluding hydrogens is 255 g/mol. The van der Waals surface area contributed by atoms with Crippen LogP contribution in [0.15, 0.2) is 0 Å². The number of aliphatic hydroxyl groups excluding tert-OH is 1. The Morgan fingerprint density at radius 2 is 2.00 bits per heavy atom. The number of nitrogens with one attached hydrogen (secondary N) is 1. The van der Waals surface area contributed by atoms with Crippen molar-refractivity contribution in [2.24, 2.45) is 0 Å². The van der Waals surface area contributed by atoms with E-state index in [0.717, 1.165) is 6.42 Å². The molecule has 83 valence electrons. The number of hydrogen-bond donors (Lipinski definition) is 2. The number of carbonyl (C=O) groups is 1. The van der Waals surface area contributed by atoms with Gasteiger partial charge in [0.25, 0.3) is 0 Å². The fourth-order valence-corrected chi connectivity index (χ4v) is 0.557. The van der Waals surface area contributed by atoms with Crippen LogP contribution >= 0.6 is 0 Å². The van der Waals surface area contributed by atoms with Gasteiger partial charge in [-0.1, -0.05) is 19.8 Å².